The minimum Gasteiger partial charge on any atom is -0.344 e. The summed E-state index contributed by atoms with van der Waals surface area (Å²) in [5, 5.41) is 0. The van der Waals surface area contributed by atoms with Crippen LogP contribution in [0.15, 0.2) is 0 Å². The molecular weight excluding hydrogens is 152 g/mol. The summed E-state index contributed by atoms with van der Waals surface area (Å²) in [4.78, 5) is 0. The largest absolute Gasteiger partial charge is 0.344 e. The molecule has 0 amide bonds. The van der Waals surface area contributed by atoms with Gasteiger partial charge in [0.2, 0.25) is 0 Å². The van der Waals surface area contributed by atoms with Crippen LogP contribution in [0.5, 0.6) is 0 Å². The predicted molar refractivity (Wildman–Crippen MR) is 46.8 cm³/mol. The molecule has 0 spiro atoms. The SMILES string of the molecule is CC1CC(C)C2OC(C)(C)OC12. The number of ether oxygens (including phenoxy) is 2. The Balaban J connectivity index is 2.15. The number of fused-ring (bicyclic) bond motifs is 1. The fraction of sp³-hybridized carbons (Fsp3) is 1.00. The predicted octanol–water partition coefficient (Wildman–Crippen LogP) is 2.18. The fourth-order valence-corrected chi connectivity index (χ4v) is 2.55. The van der Waals surface area contributed by atoms with Gasteiger partial charge in [0.15, 0.2) is 5.79 Å². The van der Waals surface area contributed by atoms with E-state index in [2.05, 4.69) is 13.8 Å². The molecule has 2 nitrogen and oxygen atoms in total. The van der Waals surface area contributed by atoms with E-state index in [0.29, 0.717) is 24.0 Å². The molecule has 2 rings (SSSR count). The third kappa shape index (κ3) is 1.17. The monoisotopic (exact) mass is 170 g/mol. The van der Waals surface area contributed by atoms with E-state index < -0.39 is 0 Å². The maximum Gasteiger partial charge on any atom is 0.163 e. The van der Waals surface area contributed by atoms with Gasteiger partial charge in [-0.25, -0.2) is 0 Å². The highest BCUT2D eigenvalue weighted by Crippen LogP contribution is 2.44. The molecule has 1 aliphatic heterocycles. The zero-order chi connectivity index (χ0) is 8.93. The van der Waals surface area contributed by atoms with Crippen molar-refractivity contribution in [2.45, 2.75) is 52.1 Å². The summed E-state index contributed by atoms with van der Waals surface area (Å²) >= 11 is 0. The lowest BCUT2D eigenvalue weighted by Gasteiger charge is -2.20. The van der Waals surface area contributed by atoms with Crippen molar-refractivity contribution in [2.75, 3.05) is 0 Å². The molecule has 1 saturated carbocycles. The second-order valence-electron chi connectivity index (χ2n) is 4.76. The number of hydrogen-bond acceptors (Lipinski definition) is 2. The van der Waals surface area contributed by atoms with Crippen LogP contribution >= 0.6 is 0 Å². The smallest absolute Gasteiger partial charge is 0.163 e. The molecule has 2 heteroatoms. The van der Waals surface area contributed by atoms with Gasteiger partial charge in [0.25, 0.3) is 0 Å². The summed E-state index contributed by atoms with van der Waals surface area (Å²) in [6, 6.07) is 0. The van der Waals surface area contributed by atoms with E-state index in [1.165, 1.54) is 6.42 Å². The highest BCUT2D eigenvalue weighted by Gasteiger charge is 2.50. The maximum atomic E-state index is 5.83. The van der Waals surface area contributed by atoms with Gasteiger partial charge >= 0.3 is 0 Å². The van der Waals surface area contributed by atoms with Crippen molar-refractivity contribution in [3.8, 4) is 0 Å². The van der Waals surface area contributed by atoms with Crippen molar-refractivity contribution in [3.63, 3.8) is 0 Å². The van der Waals surface area contributed by atoms with Gasteiger partial charge in [-0.05, 0) is 32.1 Å². The Morgan fingerprint density at radius 3 is 1.83 bits per heavy atom. The molecule has 0 aromatic heterocycles. The molecule has 4 unspecified atom stereocenters. The minimum absolute atomic E-state index is 0.343. The average molecular weight is 170 g/mol. The standard InChI is InChI=1S/C10H18O2/c1-6-5-7(2)9-8(6)11-10(3,4)12-9/h6-9H,5H2,1-4H3. The molecule has 12 heavy (non-hydrogen) atoms. The minimum atomic E-state index is -0.349. The van der Waals surface area contributed by atoms with Gasteiger partial charge in [0.1, 0.15) is 0 Å². The third-order valence-electron chi connectivity index (χ3n) is 3.03. The first-order valence-corrected chi connectivity index (χ1v) is 4.85. The normalized spacial score (nSPS) is 51.0. The second kappa shape index (κ2) is 2.46. The summed E-state index contributed by atoms with van der Waals surface area (Å²) in [6.07, 6.45) is 1.93. The van der Waals surface area contributed by atoms with E-state index in [9.17, 15) is 0 Å². The number of rotatable bonds is 0. The fourth-order valence-electron chi connectivity index (χ4n) is 2.55. The summed E-state index contributed by atoms with van der Waals surface area (Å²) in [6.45, 7) is 8.52. The van der Waals surface area contributed by atoms with Crippen molar-refractivity contribution in [1.82, 2.24) is 0 Å². The molecule has 0 bridgehead atoms. The Hall–Kier alpha value is -0.0800. The molecule has 0 radical (unpaired) electrons. The van der Waals surface area contributed by atoms with E-state index >= 15 is 0 Å². The topological polar surface area (TPSA) is 18.5 Å². The molecule has 0 aromatic rings. The van der Waals surface area contributed by atoms with E-state index in [-0.39, 0.29) is 5.79 Å². The molecule has 70 valence electrons. The molecule has 0 aromatic carbocycles. The zero-order valence-corrected chi connectivity index (χ0v) is 8.33. The zero-order valence-electron chi connectivity index (χ0n) is 8.33. The Morgan fingerprint density at radius 1 is 1.00 bits per heavy atom. The van der Waals surface area contributed by atoms with Crippen LogP contribution in [0.1, 0.15) is 34.1 Å². The molecule has 4 atom stereocenters. The molecule has 2 fully saturated rings. The second-order valence-corrected chi connectivity index (χ2v) is 4.76. The van der Waals surface area contributed by atoms with Crippen LogP contribution in [0.25, 0.3) is 0 Å². The summed E-state index contributed by atoms with van der Waals surface area (Å²) < 4.78 is 11.7. The summed E-state index contributed by atoms with van der Waals surface area (Å²) in [5.74, 6) is 0.969. The van der Waals surface area contributed by atoms with E-state index in [1.807, 2.05) is 13.8 Å². The van der Waals surface area contributed by atoms with Crippen molar-refractivity contribution >= 4 is 0 Å². The molecule has 0 N–H and O–H groups in total. The summed E-state index contributed by atoms with van der Waals surface area (Å²) in [7, 11) is 0. The first-order chi connectivity index (χ1) is 5.49. The quantitative estimate of drug-likeness (QED) is 0.554. The Kier molecular flexibility index (Phi) is 1.74. The van der Waals surface area contributed by atoms with Crippen molar-refractivity contribution in [1.29, 1.82) is 0 Å². The van der Waals surface area contributed by atoms with Crippen molar-refractivity contribution in [2.24, 2.45) is 11.8 Å². The van der Waals surface area contributed by atoms with Crippen LogP contribution in [0, 0.1) is 11.8 Å². The van der Waals surface area contributed by atoms with Gasteiger partial charge in [0.05, 0.1) is 12.2 Å². The summed E-state index contributed by atoms with van der Waals surface area (Å²) in [5.41, 5.74) is 0. The van der Waals surface area contributed by atoms with Gasteiger partial charge in [-0.1, -0.05) is 13.8 Å². The van der Waals surface area contributed by atoms with Crippen LogP contribution in [-0.4, -0.2) is 18.0 Å². The van der Waals surface area contributed by atoms with Gasteiger partial charge < -0.3 is 9.47 Å². The maximum absolute atomic E-state index is 5.83. The third-order valence-corrected chi connectivity index (χ3v) is 3.03. The van der Waals surface area contributed by atoms with Crippen LogP contribution in [0.3, 0.4) is 0 Å². The van der Waals surface area contributed by atoms with E-state index in [1.54, 1.807) is 0 Å². The lowest BCUT2D eigenvalue weighted by molar-refractivity contribution is -0.159. The average Bonchev–Trinajstić information content (AvgIpc) is 2.34. The first-order valence-electron chi connectivity index (χ1n) is 4.85. The van der Waals surface area contributed by atoms with Gasteiger partial charge in [-0.2, -0.15) is 0 Å². The molecule has 1 heterocycles. The van der Waals surface area contributed by atoms with Crippen molar-refractivity contribution in [3.05, 3.63) is 0 Å². The highest BCUT2D eigenvalue weighted by atomic mass is 16.8. The first kappa shape index (κ1) is 8.52. The van der Waals surface area contributed by atoms with Crippen LogP contribution < -0.4 is 0 Å². The Bertz CT molecular complexity index is 170. The molecule has 2 aliphatic rings. The van der Waals surface area contributed by atoms with Crippen LogP contribution in [0.4, 0.5) is 0 Å². The van der Waals surface area contributed by atoms with Gasteiger partial charge in [-0.3, -0.25) is 0 Å². The molecular formula is C10H18O2. The van der Waals surface area contributed by atoms with Gasteiger partial charge in [-0.15, -0.1) is 0 Å². The van der Waals surface area contributed by atoms with Crippen molar-refractivity contribution < 1.29 is 9.47 Å². The molecule has 1 saturated heterocycles. The van der Waals surface area contributed by atoms with Gasteiger partial charge in [0, 0.05) is 0 Å². The van der Waals surface area contributed by atoms with Crippen LogP contribution in [0.2, 0.25) is 0 Å². The highest BCUT2D eigenvalue weighted by molar-refractivity contribution is 4.94. The van der Waals surface area contributed by atoms with E-state index in [4.69, 9.17) is 9.47 Å². The van der Waals surface area contributed by atoms with E-state index in [0.717, 1.165) is 0 Å². The Morgan fingerprint density at radius 2 is 1.42 bits per heavy atom. The Labute approximate surface area is 74.2 Å². The number of hydrogen-bond donors (Lipinski definition) is 0. The lowest BCUT2D eigenvalue weighted by Crippen LogP contribution is -2.24. The van der Waals surface area contributed by atoms with Crippen LogP contribution in [-0.2, 0) is 9.47 Å². The lowest BCUT2D eigenvalue weighted by atomic mass is 10.1. The molecule has 1 aliphatic carbocycles.